The second-order valence-electron chi connectivity index (χ2n) is 9.81. The molecule has 0 unspecified atom stereocenters. The summed E-state index contributed by atoms with van der Waals surface area (Å²) in [5.41, 5.74) is -3.69. The van der Waals surface area contributed by atoms with Crippen LogP contribution in [0.15, 0.2) is 83.4 Å². The average Bonchev–Trinajstić information content (AvgIpc) is 3.08. The number of methoxy groups -OCH3 is 2. The fourth-order valence-corrected chi connectivity index (χ4v) is 4.90. The number of carbonyl (C=O) groups is 3. The van der Waals surface area contributed by atoms with Gasteiger partial charge in [0.25, 0.3) is 11.8 Å². The first-order chi connectivity index (χ1) is 23.2. The van der Waals surface area contributed by atoms with Crippen LogP contribution in [0.1, 0.15) is 21.5 Å². The summed E-state index contributed by atoms with van der Waals surface area (Å²) in [7, 11) is 2.88. The third-order valence-electron chi connectivity index (χ3n) is 6.56. The van der Waals surface area contributed by atoms with E-state index in [0.717, 1.165) is 11.8 Å². The predicted molar refractivity (Wildman–Crippen MR) is 167 cm³/mol. The molecule has 4 rings (SSSR count). The molecule has 0 aromatic heterocycles. The van der Waals surface area contributed by atoms with Gasteiger partial charge in [0, 0.05) is 21.7 Å². The lowest BCUT2D eigenvalue weighted by atomic mass is 10.1. The van der Waals surface area contributed by atoms with Gasteiger partial charge >= 0.3 is 6.18 Å². The maximum atomic E-state index is 14.1. The maximum absolute atomic E-state index is 14.1. The summed E-state index contributed by atoms with van der Waals surface area (Å²) >= 11 is 0.793. The molecular formula is C33H24F7N3O5S. The molecule has 16 heteroatoms. The van der Waals surface area contributed by atoms with E-state index >= 15 is 0 Å². The highest BCUT2D eigenvalue weighted by Crippen LogP contribution is 2.38. The minimum absolute atomic E-state index is 0.161. The van der Waals surface area contributed by atoms with Crippen LogP contribution < -0.4 is 25.4 Å². The minimum atomic E-state index is -5.72. The van der Waals surface area contributed by atoms with Crippen LogP contribution in [-0.4, -0.2) is 37.7 Å². The number of carbonyl (C=O) groups excluding carboxylic acids is 3. The van der Waals surface area contributed by atoms with Crippen molar-refractivity contribution < 1.29 is 54.6 Å². The van der Waals surface area contributed by atoms with Gasteiger partial charge in [-0.2, -0.15) is 13.2 Å². The molecule has 0 aliphatic rings. The number of amides is 3. The predicted octanol–water partition coefficient (Wildman–Crippen LogP) is 7.42. The van der Waals surface area contributed by atoms with Crippen molar-refractivity contribution in [1.82, 2.24) is 5.32 Å². The summed E-state index contributed by atoms with van der Waals surface area (Å²) in [6.07, 6.45) is -4.34. The van der Waals surface area contributed by atoms with Crippen molar-refractivity contribution in [3.63, 3.8) is 0 Å². The zero-order valence-electron chi connectivity index (χ0n) is 25.3. The fraction of sp³-hybridized carbons (Fsp3) is 0.121. The van der Waals surface area contributed by atoms with E-state index < -0.39 is 64.2 Å². The molecular weight excluding hydrogens is 683 g/mol. The van der Waals surface area contributed by atoms with Crippen LogP contribution in [0.5, 0.6) is 11.5 Å². The molecule has 0 aliphatic carbocycles. The van der Waals surface area contributed by atoms with E-state index in [1.807, 2.05) is 0 Å². The number of rotatable bonds is 11. The largest absolute Gasteiger partial charge is 0.497 e. The van der Waals surface area contributed by atoms with Crippen LogP contribution in [-0.2, 0) is 15.8 Å². The monoisotopic (exact) mass is 707 g/mol. The molecule has 49 heavy (non-hydrogen) atoms. The number of halogens is 7. The highest BCUT2D eigenvalue weighted by Gasteiger charge is 2.42. The highest BCUT2D eigenvalue weighted by atomic mass is 32.2. The van der Waals surface area contributed by atoms with Gasteiger partial charge in [-0.25, -0.2) is 17.6 Å². The van der Waals surface area contributed by atoms with Crippen LogP contribution in [0.2, 0.25) is 0 Å². The van der Waals surface area contributed by atoms with Crippen molar-refractivity contribution in [3.8, 4) is 11.5 Å². The number of ether oxygens (including phenoxy) is 2. The van der Waals surface area contributed by atoms with E-state index in [2.05, 4.69) is 10.6 Å². The molecule has 0 atom stereocenters. The summed E-state index contributed by atoms with van der Waals surface area (Å²) in [5.74, 6) is -12.5. The quantitative estimate of drug-likeness (QED) is 0.0649. The lowest BCUT2D eigenvalue weighted by Crippen LogP contribution is -2.30. The molecule has 0 saturated heterocycles. The average molecular weight is 708 g/mol. The summed E-state index contributed by atoms with van der Waals surface area (Å²) in [5, 5.41) is 6.77. The highest BCUT2D eigenvalue weighted by molar-refractivity contribution is 8.00. The number of thioether (sulfide) groups is 1. The molecule has 8 nitrogen and oxygen atoms in total. The number of hydrogen-bond acceptors (Lipinski definition) is 6. The van der Waals surface area contributed by atoms with Crippen molar-refractivity contribution in [2.24, 2.45) is 0 Å². The first-order valence-electron chi connectivity index (χ1n) is 13.8. The molecule has 0 aliphatic heterocycles. The van der Waals surface area contributed by atoms with Gasteiger partial charge in [0.15, 0.2) is 23.3 Å². The van der Waals surface area contributed by atoms with Crippen LogP contribution in [0.3, 0.4) is 0 Å². The van der Waals surface area contributed by atoms with Crippen molar-refractivity contribution in [2.75, 3.05) is 30.6 Å². The van der Waals surface area contributed by atoms with Crippen molar-refractivity contribution in [3.05, 3.63) is 118 Å². The van der Waals surface area contributed by atoms with Crippen molar-refractivity contribution in [2.45, 2.75) is 11.1 Å². The van der Waals surface area contributed by atoms with E-state index in [-0.39, 0.29) is 16.9 Å². The SMILES string of the molecule is COc1ccc(OC)c(/C=C(\NC(=O)c2ccccc2)C(=O)Nc2ccc(SCC(=O)Nc3c(F)c(F)c(C(F)(F)F)c(F)c3F)cc2)c1. The van der Waals surface area contributed by atoms with Crippen LogP contribution >= 0.6 is 11.8 Å². The normalized spacial score (nSPS) is 11.5. The summed E-state index contributed by atoms with van der Waals surface area (Å²) in [6, 6.07) is 18.7. The Morgan fingerprint density at radius 1 is 0.796 bits per heavy atom. The molecule has 0 saturated carbocycles. The number of hydrogen-bond donors (Lipinski definition) is 3. The second-order valence-corrected chi connectivity index (χ2v) is 10.9. The maximum Gasteiger partial charge on any atom is 0.422 e. The number of anilines is 2. The van der Waals surface area contributed by atoms with Crippen LogP contribution in [0.4, 0.5) is 42.1 Å². The molecule has 0 fully saturated rings. The Labute approximate surface area is 278 Å². The van der Waals surface area contributed by atoms with Gasteiger partial charge in [-0.15, -0.1) is 11.8 Å². The smallest absolute Gasteiger partial charge is 0.422 e. The Morgan fingerprint density at radius 3 is 2.00 bits per heavy atom. The van der Waals surface area contributed by atoms with E-state index in [4.69, 9.17) is 9.47 Å². The first-order valence-corrected chi connectivity index (χ1v) is 14.8. The minimum Gasteiger partial charge on any atom is -0.497 e. The standard InChI is InChI=1S/C33H24F7N3O5S/c1-47-20-10-13-23(48-2)18(14-20)15-22(42-31(45)17-6-4-3-5-7-17)32(46)41-19-8-11-21(12-9-19)49-16-24(44)43-30-28(36)26(34)25(33(38,39)40)27(35)29(30)37/h3-15H,16H2,1-2H3,(H,41,46)(H,42,45)(H,43,44)/b22-15-. The molecule has 0 radical (unpaired) electrons. The zero-order valence-corrected chi connectivity index (χ0v) is 26.1. The van der Waals surface area contributed by atoms with Gasteiger partial charge in [-0.05, 0) is 60.7 Å². The summed E-state index contributed by atoms with van der Waals surface area (Å²) < 4.78 is 105. The molecule has 0 heterocycles. The molecule has 256 valence electrons. The van der Waals surface area contributed by atoms with Gasteiger partial charge in [0.1, 0.15) is 28.4 Å². The second kappa shape index (κ2) is 15.6. The summed E-state index contributed by atoms with van der Waals surface area (Å²) in [4.78, 5) is 39.0. The van der Waals surface area contributed by atoms with E-state index in [0.29, 0.717) is 22.0 Å². The molecule has 3 amide bonds. The van der Waals surface area contributed by atoms with Crippen LogP contribution in [0, 0.1) is 23.3 Å². The molecule has 4 aromatic carbocycles. The molecule has 0 bridgehead atoms. The number of benzene rings is 4. The Balaban J connectivity index is 1.47. The Morgan fingerprint density at radius 2 is 1.43 bits per heavy atom. The number of alkyl halides is 3. The van der Waals surface area contributed by atoms with Gasteiger partial charge in [-0.3, -0.25) is 14.4 Å². The van der Waals surface area contributed by atoms with E-state index in [1.54, 1.807) is 53.8 Å². The third-order valence-corrected chi connectivity index (χ3v) is 7.57. The fourth-order valence-electron chi connectivity index (χ4n) is 4.20. The number of nitrogens with one attached hydrogen (secondary N) is 3. The Bertz CT molecular complexity index is 1870. The van der Waals surface area contributed by atoms with Gasteiger partial charge in [-0.1, -0.05) is 18.2 Å². The van der Waals surface area contributed by atoms with E-state index in [9.17, 15) is 45.1 Å². The van der Waals surface area contributed by atoms with Gasteiger partial charge in [0.2, 0.25) is 5.91 Å². The lowest BCUT2D eigenvalue weighted by molar-refractivity contribution is -0.143. The summed E-state index contributed by atoms with van der Waals surface area (Å²) in [6.45, 7) is 0. The lowest BCUT2D eigenvalue weighted by Gasteiger charge is -2.14. The molecule has 0 spiro atoms. The molecule has 4 aromatic rings. The molecule has 3 N–H and O–H groups in total. The van der Waals surface area contributed by atoms with Crippen molar-refractivity contribution in [1.29, 1.82) is 0 Å². The van der Waals surface area contributed by atoms with E-state index in [1.165, 1.54) is 44.6 Å². The van der Waals surface area contributed by atoms with Gasteiger partial charge in [0.05, 0.1) is 20.0 Å². The van der Waals surface area contributed by atoms with Crippen LogP contribution in [0.25, 0.3) is 6.08 Å². The third kappa shape index (κ3) is 8.90. The topological polar surface area (TPSA) is 106 Å². The zero-order chi connectivity index (χ0) is 35.9. The first kappa shape index (κ1) is 36.3. The Kier molecular flexibility index (Phi) is 11.6. The Hall–Kier alpha value is -5.51. The van der Waals surface area contributed by atoms with Crippen molar-refractivity contribution >= 4 is 46.9 Å². The van der Waals surface area contributed by atoms with Gasteiger partial charge < -0.3 is 25.4 Å².